The SMILES string of the molecule is S=PI.[3H]Oc1cccc([C@H]2Sc3cc(C)ccc3O[C@H]2c2ccc(O)cc2)c1. The summed E-state index contributed by atoms with van der Waals surface area (Å²) in [5, 5.41) is 14.3. The Bertz CT molecular complexity index is 988. The highest BCUT2D eigenvalue weighted by atomic mass is 127. The zero-order valence-electron chi connectivity index (χ0n) is 15.9. The maximum Gasteiger partial charge on any atom is 0.293 e. The van der Waals surface area contributed by atoms with Crippen molar-refractivity contribution in [3.8, 4) is 17.2 Å². The predicted molar refractivity (Wildman–Crippen MR) is 128 cm³/mol. The molecule has 0 amide bonds. The van der Waals surface area contributed by atoms with Gasteiger partial charge in [0.1, 0.15) is 23.4 Å². The minimum absolute atomic E-state index is 0.00365. The predicted octanol–water partition coefficient (Wildman–Crippen LogP) is 7.12. The number of hydrogen-bond donors (Lipinski definition) is 2. The van der Waals surface area contributed by atoms with E-state index in [-0.39, 0.29) is 17.1 Å². The van der Waals surface area contributed by atoms with Crippen molar-refractivity contribution in [2.75, 3.05) is 0 Å². The molecule has 0 spiro atoms. The van der Waals surface area contributed by atoms with Gasteiger partial charge in [0.05, 0.1) is 10.1 Å². The lowest BCUT2D eigenvalue weighted by molar-refractivity contribution is 0.190. The number of fused-ring (bicyclic) bond motifs is 1. The van der Waals surface area contributed by atoms with E-state index < -0.39 is 0 Å². The third-order valence-corrected chi connectivity index (χ3v) is 5.64. The molecule has 1 aliphatic heterocycles. The maximum atomic E-state index is 9.61. The highest BCUT2D eigenvalue weighted by Gasteiger charge is 2.33. The van der Waals surface area contributed by atoms with Crippen molar-refractivity contribution in [1.82, 2.24) is 0 Å². The molecular weight excluding hydrogens is 522 g/mol. The average molecular weight is 542 g/mol. The molecule has 0 unspecified atom stereocenters. The molecule has 0 saturated heterocycles. The lowest BCUT2D eigenvalue weighted by atomic mass is 10.00. The van der Waals surface area contributed by atoms with Crippen molar-refractivity contribution in [3.05, 3.63) is 83.4 Å². The summed E-state index contributed by atoms with van der Waals surface area (Å²) in [6.07, 6.45) is -0.211. The number of hydrogen-bond acceptors (Lipinski definition) is 5. The third kappa shape index (κ3) is 5.17. The Morgan fingerprint density at radius 1 is 1.07 bits per heavy atom. The first-order chi connectivity index (χ1) is 14.0. The molecule has 0 saturated carbocycles. The number of phenolic OH excluding ortho intramolecular Hbond substituents is 2. The standard InChI is InChI=1S/C21H18O3S.IPS/c1-13-5-10-18-19(11-13)25-21(15-3-2-4-17(23)12-15)20(24-18)14-6-8-16(22)9-7-14;1-2-3/h2-12,20-23H,1H3;/t20-,21+;/m0./s1/i/hT. The van der Waals surface area contributed by atoms with Gasteiger partial charge >= 0.3 is 0 Å². The van der Waals surface area contributed by atoms with Crippen molar-refractivity contribution >= 4 is 50.6 Å². The fourth-order valence-corrected chi connectivity index (χ4v) is 4.42. The number of ether oxygens (including phenoxy) is 1. The molecule has 144 valence electrons. The molecule has 0 aliphatic carbocycles. The lowest BCUT2D eigenvalue weighted by Gasteiger charge is -2.34. The summed E-state index contributed by atoms with van der Waals surface area (Å²) in [5.41, 5.74) is 3.21. The molecule has 3 aromatic carbocycles. The van der Waals surface area contributed by atoms with Crippen LogP contribution >= 0.6 is 38.8 Å². The van der Waals surface area contributed by atoms with Crippen LogP contribution in [0.2, 0.25) is 0 Å². The monoisotopic (exact) mass is 542 g/mol. The Kier molecular flexibility index (Phi) is 7.07. The topological polar surface area (TPSA) is 49.7 Å². The van der Waals surface area contributed by atoms with E-state index in [1.807, 2.05) is 42.5 Å². The van der Waals surface area contributed by atoms with Gasteiger partial charge in [-0.25, -0.2) is 0 Å². The van der Waals surface area contributed by atoms with Crippen LogP contribution < -0.4 is 4.74 Å². The van der Waals surface area contributed by atoms with Crippen LogP contribution in [0, 0.1) is 6.92 Å². The minimum atomic E-state index is -0.211. The molecule has 1 aliphatic rings. The van der Waals surface area contributed by atoms with E-state index >= 15 is 0 Å². The zero-order valence-corrected chi connectivity index (χ0v) is 19.6. The van der Waals surface area contributed by atoms with E-state index in [1.54, 1.807) is 30.0 Å². The summed E-state index contributed by atoms with van der Waals surface area (Å²) >= 11 is 8.17. The van der Waals surface area contributed by atoms with Crippen LogP contribution in [0.15, 0.2) is 71.6 Å². The second-order valence-electron chi connectivity index (χ2n) is 6.26. The van der Waals surface area contributed by atoms with Gasteiger partial charge in [0.2, 0.25) is 0 Å². The molecule has 2 atom stereocenters. The second-order valence-corrected chi connectivity index (χ2v) is 11.5. The molecule has 0 fully saturated rings. The number of aryl methyl sites for hydroxylation is 1. The smallest absolute Gasteiger partial charge is 0.293 e. The Labute approximate surface area is 190 Å². The minimum Gasteiger partial charge on any atom is -0.508 e. The van der Waals surface area contributed by atoms with E-state index in [1.165, 1.54) is 5.56 Å². The van der Waals surface area contributed by atoms with Crippen molar-refractivity contribution in [2.24, 2.45) is 0 Å². The highest BCUT2D eigenvalue weighted by molar-refractivity contribution is 14.2. The molecule has 4 rings (SSSR count). The van der Waals surface area contributed by atoms with Gasteiger partial charge in [0.15, 0.2) is 0 Å². The summed E-state index contributed by atoms with van der Waals surface area (Å²) in [7, 11) is 0. The first-order valence-corrected chi connectivity index (χ1v) is 14.0. The Morgan fingerprint density at radius 3 is 2.54 bits per heavy atom. The summed E-state index contributed by atoms with van der Waals surface area (Å²) in [4.78, 5) is 2.07. The number of benzene rings is 3. The second kappa shape index (κ2) is 9.92. The van der Waals surface area contributed by atoms with Gasteiger partial charge in [0, 0.05) is 5.00 Å². The van der Waals surface area contributed by atoms with Gasteiger partial charge in [-0.15, -0.1) is 11.8 Å². The highest BCUT2D eigenvalue weighted by Crippen LogP contribution is 2.53. The molecule has 0 radical (unpaired) electrons. The number of phenols is 2. The van der Waals surface area contributed by atoms with Crippen molar-refractivity contribution < 1.29 is 15.0 Å². The average Bonchev–Trinajstić information content (AvgIpc) is 2.74. The quantitative estimate of drug-likeness (QED) is 0.273. The molecule has 0 bridgehead atoms. The van der Waals surface area contributed by atoms with Crippen molar-refractivity contribution in [3.63, 3.8) is 0 Å². The van der Waals surface area contributed by atoms with Crippen LogP contribution in [0.4, 0.5) is 0 Å². The van der Waals surface area contributed by atoms with Crippen LogP contribution in [-0.2, 0) is 11.8 Å². The fourth-order valence-electron chi connectivity index (χ4n) is 3.04. The molecule has 2 N–H and O–H groups in total. The fraction of sp³-hybridized carbons (Fsp3) is 0.143. The van der Waals surface area contributed by atoms with Gasteiger partial charge in [0.25, 0.3) is 1.43 Å². The molecular formula is C21H18IO3PS2. The van der Waals surface area contributed by atoms with E-state index in [0.717, 1.165) is 26.8 Å². The zero-order chi connectivity index (χ0) is 20.8. The molecule has 0 aromatic heterocycles. The van der Waals surface area contributed by atoms with Gasteiger partial charge in [-0.3, -0.25) is 0 Å². The van der Waals surface area contributed by atoms with E-state index in [9.17, 15) is 5.11 Å². The van der Waals surface area contributed by atoms with Gasteiger partial charge in [-0.1, -0.05) is 30.3 Å². The Morgan fingerprint density at radius 2 is 1.82 bits per heavy atom. The van der Waals surface area contributed by atoms with Crippen LogP contribution in [0.1, 0.15) is 28.0 Å². The Hall–Kier alpha value is -1.34. The lowest BCUT2D eigenvalue weighted by Crippen LogP contribution is -2.19. The van der Waals surface area contributed by atoms with Gasteiger partial charge in [-0.2, -0.15) is 0 Å². The van der Waals surface area contributed by atoms with Crippen LogP contribution in [-0.4, -0.2) is 11.6 Å². The third-order valence-electron chi connectivity index (χ3n) is 4.29. The van der Waals surface area contributed by atoms with Crippen molar-refractivity contribution in [2.45, 2.75) is 23.2 Å². The first-order valence-electron chi connectivity index (χ1n) is 8.86. The Balaban J connectivity index is 0.000000755. The van der Waals surface area contributed by atoms with E-state index in [2.05, 4.69) is 51.9 Å². The van der Waals surface area contributed by atoms with Crippen LogP contribution in [0.25, 0.3) is 0 Å². The molecule has 1 heterocycles. The largest absolute Gasteiger partial charge is 0.508 e. The molecule has 7 heteroatoms. The maximum absolute atomic E-state index is 9.61. The van der Waals surface area contributed by atoms with Gasteiger partial charge < -0.3 is 15.0 Å². The summed E-state index contributed by atoms with van der Waals surface area (Å²) < 4.78 is 13.5. The van der Waals surface area contributed by atoms with Crippen LogP contribution in [0.3, 0.4) is 0 Å². The normalized spacial score (nSPS) is 18.1. The first kappa shape index (κ1) is 20.0. The summed E-state index contributed by atoms with van der Waals surface area (Å²) in [6.45, 7) is 2.07. The van der Waals surface area contributed by atoms with Crippen LogP contribution in [0.5, 0.6) is 17.2 Å². The molecule has 28 heavy (non-hydrogen) atoms. The van der Waals surface area contributed by atoms with E-state index in [0.29, 0.717) is 5.75 Å². The van der Waals surface area contributed by atoms with E-state index in [4.69, 9.17) is 6.17 Å². The number of aromatic hydroxyl groups is 2. The van der Waals surface area contributed by atoms with Crippen molar-refractivity contribution in [1.29, 1.82) is 1.43 Å². The number of thioether (sulfide) groups is 1. The summed E-state index contributed by atoms with van der Waals surface area (Å²) in [5.74, 6) is 1.60. The summed E-state index contributed by atoms with van der Waals surface area (Å²) in [6, 6.07) is 20.9. The molecule has 3 nitrogen and oxygen atoms in total. The number of rotatable bonds is 3. The molecule has 3 aromatic rings. The number of halogens is 1. The van der Waals surface area contributed by atoms with Gasteiger partial charge in [-0.05, 0) is 93.9 Å².